The average molecular weight is 277 g/mol. The van der Waals surface area contributed by atoms with Crippen LogP contribution in [0.25, 0.3) is 0 Å². The Kier molecular flexibility index (Phi) is 4.89. The van der Waals surface area contributed by atoms with Gasteiger partial charge < -0.3 is 10.2 Å². The van der Waals surface area contributed by atoms with Gasteiger partial charge in [0.05, 0.1) is 13.1 Å². The predicted molar refractivity (Wildman–Crippen MR) is 78.5 cm³/mol. The highest BCUT2D eigenvalue weighted by molar-refractivity contribution is 5.78. The fourth-order valence-electron chi connectivity index (χ4n) is 2.42. The normalized spacial score (nSPS) is 14.9. The molecule has 2 heterocycles. The van der Waals surface area contributed by atoms with Crippen LogP contribution in [0, 0.1) is 6.92 Å². The molecule has 0 radical (unpaired) electrons. The zero-order valence-corrected chi connectivity index (χ0v) is 12.5. The Balaban J connectivity index is 1.91. The molecule has 110 valence electrons. The maximum atomic E-state index is 12.1. The van der Waals surface area contributed by atoms with Crippen molar-refractivity contribution in [1.82, 2.24) is 19.8 Å². The van der Waals surface area contributed by atoms with E-state index in [4.69, 9.17) is 0 Å². The lowest BCUT2D eigenvalue weighted by atomic mass is 10.4. The molecule has 0 bridgehead atoms. The van der Waals surface area contributed by atoms with Crippen LogP contribution in [0.2, 0.25) is 0 Å². The predicted octanol–water partition coefficient (Wildman–Crippen LogP) is 0.881. The highest BCUT2D eigenvalue weighted by Crippen LogP contribution is 2.09. The van der Waals surface area contributed by atoms with Crippen molar-refractivity contribution in [3.8, 4) is 0 Å². The van der Waals surface area contributed by atoms with Gasteiger partial charge in [0.15, 0.2) is 0 Å². The average Bonchev–Trinajstić information content (AvgIpc) is 2.91. The lowest BCUT2D eigenvalue weighted by Crippen LogP contribution is -2.37. The van der Waals surface area contributed by atoms with Crippen LogP contribution in [0.15, 0.2) is 6.07 Å². The fourth-order valence-corrected chi connectivity index (χ4v) is 2.42. The highest BCUT2D eigenvalue weighted by atomic mass is 16.2. The minimum Gasteiger partial charge on any atom is -0.373 e. The van der Waals surface area contributed by atoms with Crippen molar-refractivity contribution in [3.63, 3.8) is 0 Å². The lowest BCUT2D eigenvalue weighted by Gasteiger charge is -2.20. The van der Waals surface area contributed by atoms with E-state index in [-0.39, 0.29) is 5.91 Å². The van der Waals surface area contributed by atoms with Crippen molar-refractivity contribution in [3.05, 3.63) is 17.6 Å². The molecule has 0 atom stereocenters. The summed E-state index contributed by atoms with van der Waals surface area (Å²) in [5.41, 5.74) is 0.929. The van der Waals surface area contributed by atoms with Gasteiger partial charge in [0.1, 0.15) is 11.6 Å². The number of nitrogens with one attached hydrogen (secondary N) is 1. The molecule has 1 N–H and O–H groups in total. The first-order valence-corrected chi connectivity index (χ1v) is 7.07. The Hall–Kier alpha value is -1.69. The number of carbonyl (C=O) groups is 1. The molecule has 1 amide bonds. The molecule has 0 saturated carbocycles. The molecule has 0 spiro atoms. The van der Waals surface area contributed by atoms with Crippen LogP contribution in [0.4, 0.5) is 5.82 Å². The number of nitrogens with zero attached hydrogens (tertiary/aromatic N) is 4. The summed E-state index contributed by atoms with van der Waals surface area (Å²) in [5, 5.41) is 3.02. The number of aromatic nitrogens is 2. The van der Waals surface area contributed by atoms with Gasteiger partial charge in [-0.15, -0.1) is 0 Å². The van der Waals surface area contributed by atoms with E-state index >= 15 is 0 Å². The maximum Gasteiger partial charge on any atom is 0.236 e. The van der Waals surface area contributed by atoms with E-state index in [0.29, 0.717) is 13.1 Å². The number of hydrogen-bond donors (Lipinski definition) is 1. The van der Waals surface area contributed by atoms with Crippen molar-refractivity contribution >= 4 is 11.7 Å². The van der Waals surface area contributed by atoms with Gasteiger partial charge in [-0.1, -0.05) is 0 Å². The van der Waals surface area contributed by atoms with Crippen LogP contribution >= 0.6 is 0 Å². The van der Waals surface area contributed by atoms with Crippen LogP contribution in [-0.2, 0) is 11.3 Å². The molecule has 0 unspecified atom stereocenters. The first-order chi connectivity index (χ1) is 9.58. The molecule has 1 aliphatic rings. The summed E-state index contributed by atoms with van der Waals surface area (Å²) < 4.78 is 0. The Morgan fingerprint density at radius 2 is 2.10 bits per heavy atom. The molecule has 1 aromatic rings. The molecule has 0 aliphatic carbocycles. The fraction of sp³-hybridized carbons (Fsp3) is 0.643. The van der Waals surface area contributed by atoms with Crippen LogP contribution < -0.4 is 5.32 Å². The minimum absolute atomic E-state index is 0.200. The molecular weight excluding hydrogens is 254 g/mol. The zero-order chi connectivity index (χ0) is 14.5. The SMILES string of the molecule is CNc1cc(C)nc(CN(C)CC(=O)N2CCCC2)n1. The highest BCUT2D eigenvalue weighted by Gasteiger charge is 2.19. The van der Waals surface area contributed by atoms with Gasteiger partial charge >= 0.3 is 0 Å². The molecule has 2 rings (SSSR count). The monoisotopic (exact) mass is 277 g/mol. The second kappa shape index (κ2) is 6.65. The van der Waals surface area contributed by atoms with E-state index in [9.17, 15) is 4.79 Å². The molecule has 20 heavy (non-hydrogen) atoms. The van der Waals surface area contributed by atoms with Crippen LogP contribution in [0.5, 0.6) is 0 Å². The number of likely N-dealkylation sites (tertiary alicyclic amines) is 1. The molecule has 1 aliphatic heterocycles. The van der Waals surface area contributed by atoms with E-state index in [1.807, 2.05) is 36.9 Å². The summed E-state index contributed by atoms with van der Waals surface area (Å²) in [4.78, 5) is 24.8. The van der Waals surface area contributed by atoms with E-state index in [1.54, 1.807) is 0 Å². The summed E-state index contributed by atoms with van der Waals surface area (Å²) in [7, 11) is 3.77. The van der Waals surface area contributed by atoms with Crippen molar-refractivity contribution in [2.75, 3.05) is 39.0 Å². The van der Waals surface area contributed by atoms with Crippen LogP contribution in [0.3, 0.4) is 0 Å². The van der Waals surface area contributed by atoms with Crippen LogP contribution in [0.1, 0.15) is 24.4 Å². The van der Waals surface area contributed by atoms with Crippen molar-refractivity contribution < 1.29 is 4.79 Å². The van der Waals surface area contributed by atoms with Gasteiger partial charge in [0, 0.05) is 31.9 Å². The molecule has 0 aromatic carbocycles. The van der Waals surface area contributed by atoms with Gasteiger partial charge in [-0.05, 0) is 26.8 Å². The van der Waals surface area contributed by atoms with E-state index in [2.05, 4.69) is 15.3 Å². The number of likely N-dealkylation sites (N-methyl/N-ethyl adjacent to an activating group) is 1. The lowest BCUT2D eigenvalue weighted by molar-refractivity contribution is -0.131. The second-order valence-corrected chi connectivity index (χ2v) is 5.32. The Bertz CT molecular complexity index is 471. The third kappa shape index (κ3) is 3.90. The number of carbonyl (C=O) groups excluding carboxylic acids is 1. The molecule has 1 fully saturated rings. The van der Waals surface area contributed by atoms with E-state index < -0.39 is 0 Å². The largest absolute Gasteiger partial charge is 0.373 e. The summed E-state index contributed by atoms with van der Waals surface area (Å²) >= 11 is 0. The molecule has 1 aromatic heterocycles. The summed E-state index contributed by atoms with van der Waals surface area (Å²) in [5.74, 6) is 1.75. The van der Waals surface area contributed by atoms with Gasteiger partial charge in [-0.3, -0.25) is 9.69 Å². The number of hydrogen-bond acceptors (Lipinski definition) is 5. The maximum absolute atomic E-state index is 12.1. The quantitative estimate of drug-likeness (QED) is 0.866. The van der Waals surface area contributed by atoms with Crippen molar-refractivity contribution in [2.45, 2.75) is 26.3 Å². The third-order valence-electron chi connectivity index (χ3n) is 3.43. The van der Waals surface area contributed by atoms with Gasteiger partial charge in [0.25, 0.3) is 0 Å². The van der Waals surface area contributed by atoms with E-state index in [1.165, 1.54) is 0 Å². The van der Waals surface area contributed by atoms with Crippen molar-refractivity contribution in [2.24, 2.45) is 0 Å². The number of rotatable bonds is 5. The molecule has 6 heteroatoms. The number of anilines is 1. The Morgan fingerprint density at radius 3 is 2.75 bits per heavy atom. The summed E-state index contributed by atoms with van der Waals surface area (Å²) in [6.07, 6.45) is 2.25. The van der Waals surface area contributed by atoms with Crippen LogP contribution in [-0.4, -0.2) is 59.4 Å². The van der Waals surface area contributed by atoms with Crippen molar-refractivity contribution in [1.29, 1.82) is 0 Å². The van der Waals surface area contributed by atoms with Gasteiger partial charge in [0.2, 0.25) is 5.91 Å². The number of amides is 1. The standard InChI is InChI=1S/C14H23N5O/c1-11-8-12(15-2)17-13(16-11)9-18(3)10-14(20)19-6-4-5-7-19/h8H,4-7,9-10H2,1-3H3,(H,15,16,17). The van der Waals surface area contributed by atoms with Gasteiger partial charge in [-0.2, -0.15) is 0 Å². The molecular formula is C14H23N5O. The Morgan fingerprint density at radius 1 is 1.40 bits per heavy atom. The van der Waals surface area contributed by atoms with E-state index in [0.717, 1.165) is 43.3 Å². The Labute approximate surface area is 120 Å². The smallest absolute Gasteiger partial charge is 0.236 e. The molecule has 6 nitrogen and oxygen atoms in total. The summed E-state index contributed by atoms with van der Waals surface area (Å²) in [6.45, 7) is 4.75. The molecule has 1 saturated heterocycles. The van der Waals surface area contributed by atoms with Gasteiger partial charge in [-0.25, -0.2) is 9.97 Å². The summed E-state index contributed by atoms with van der Waals surface area (Å²) in [6, 6.07) is 1.90. The third-order valence-corrected chi connectivity index (χ3v) is 3.43. The topological polar surface area (TPSA) is 61.4 Å². The zero-order valence-electron chi connectivity index (χ0n) is 12.5. The minimum atomic E-state index is 0.200. The second-order valence-electron chi connectivity index (χ2n) is 5.32. The first-order valence-electron chi connectivity index (χ1n) is 7.07. The first kappa shape index (κ1) is 14.7. The number of aryl methyl sites for hydroxylation is 1.